The van der Waals surface area contributed by atoms with Crippen molar-refractivity contribution in [3.05, 3.63) is 35.8 Å². The van der Waals surface area contributed by atoms with Crippen LogP contribution in [0.15, 0.2) is 24.5 Å². The molecule has 0 saturated carbocycles. The van der Waals surface area contributed by atoms with E-state index in [1.54, 1.807) is 6.20 Å². The molecule has 2 aromatic heterocycles. The first kappa shape index (κ1) is 12.6. The Morgan fingerprint density at radius 3 is 2.89 bits per heavy atom. The molecule has 1 N–H and O–H groups in total. The van der Waals surface area contributed by atoms with Gasteiger partial charge in [-0.2, -0.15) is 0 Å². The van der Waals surface area contributed by atoms with Gasteiger partial charge in [-0.1, -0.05) is 6.07 Å². The molecule has 2 heterocycles. The summed E-state index contributed by atoms with van der Waals surface area (Å²) < 4.78 is 1.87. The van der Waals surface area contributed by atoms with E-state index in [9.17, 15) is 4.79 Å². The standard InChI is InChI=1S/C13H18N4O/c1-10-4-5-12-15-11(9-17(12)8-10)13(18)14-6-7-16(2)3/h4-5,8-9H,6-7H2,1-3H3,(H,14,18). The molecule has 2 aromatic rings. The van der Waals surface area contributed by atoms with Crippen LogP contribution in [0.4, 0.5) is 0 Å². The highest BCUT2D eigenvalue weighted by molar-refractivity contribution is 5.92. The molecule has 0 fully saturated rings. The fourth-order valence-electron chi connectivity index (χ4n) is 1.70. The number of imidazole rings is 1. The number of fused-ring (bicyclic) bond motifs is 1. The predicted octanol–water partition coefficient (Wildman–Crippen LogP) is 0.934. The molecule has 0 aliphatic carbocycles. The molecule has 5 heteroatoms. The van der Waals surface area contributed by atoms with E-state index in [2.05, 4.69) is 10.3 Å². The van der Waals surface area contributed by atoms with Gasteiger partial charge in [-0.05, 0) is 32.6 Å². The maximum absolute atomic E-state index is 11.9. The highest BCUT2D eigenvalue weighted by Gasteiger charge is 2.09. The Kier molecular flexibility index (Phi) is 3.62. The van der Waals surface area contributed by atoms with Crippen LogP contribution < -0.4 is 5.32 Å². The van der Waals surface area contributed by atoms with Crippen molar-refractivity contribution < 1.29 is 4.79 Å². The molecule has 96 valence electrons. The molecular weight excluding hydrogens is 228 g/mol. The molecule has 2 rings (SSSR count). The molecule has 0 atom stereocenters. The van der Waals surface area contributed by atoms with Gasteiger partial charge in [0, 0.05) is 25.5 Å². The monoisotopic (exact) mass is 246 g/mol. The van der Waals surface area contributed by atoms with Gasteiger partial charge in [-0.3, -0.25) is 4.79 Å². The van der Waals surface area contributed by atoms with E-state index in [1.165, 1.54) is 0 Å². The second-order valence-corrected chi connectivity index (χ2v) is 4.66. The van der Waals surface area contributed by atoms with E-state index < -0.39 is 0 Å². The third kappa shape index (κ3) is 2.87. The summed E-state index contributed by atoms with van der Waals surface area (Å²) in [6, 6.07) is 3.89. The summed E-state index contributed by atoms with van der Waals surface area (Å²) >= 11 is 0. The van der Waals surface area contributed by atoms with Gasteiger partial charge in [0.25, 0.3) is 5.91 Å². The second kappa shape index (κ2) is 5.18. The molecule has 5 nitrogen and oxygen atoms in total. The maximum atomic E-state index is 11.9. The zero-order valence-corrected chi connectivity index (χ0v) is 11.0. The predicted molar refractivity (Wildman–Crippen MR) is 70.8 cm³/mol. The van der Waals surface area contributed by atoms with Crippen molar-refractivity contribution in [3.63, 3.8) is 0 Å². The van der Waals surface area contributed by atoms with Crippen LogP contribution in [0.2, 0.25) is 0 Å². The van der Waals surface area contributed by atoms with Gasteiger partial charge in [0.05, 0.1) is 0 Å². The van der Waals surface area contributed by atoms with E-state index in [4.69, 9.17) is 0 Å². The summed E-state index contributed by atoms with van der Waals surface area (Å²) in [4.78, 5) is 18.2. The Morgan fingerprint density at radius 1 is 1.39 bits per heavy atom. The quantitative estimate of drug-likeness (QED) is 0.873. The van der Waals surface area contributed by atoms with Gasteiger partial charge in [0.1, 0.15) is 11.3 Å². The van der Waals surface area contributed by atoms with Crippen molar-refractivity contribution >= 4 is 11.6 Å². The van der Waals surface area contributed by atoms with Gasteiger partial charge in [0.2, 0.25) is 0 Å². The number of hydrogen-bond donors (Lipinski definition) is 1. The average molecular weight is 246 g/mol. The molecular formula is C13H18N4O. The average Bonchev–Trinajstić information content (AvgIpc) is 2.71. The maximum Gasteiger partial charge on any atom is 0.271 e. The van der Waals surface area contributed by atoms with Crippen LogP contribution in [-0.4, -0.2) is 47.4 Å². The van der Waals surface area contributed by atoms with E-state index in [1.807, 2.05) is 48.6 Å². The van der Waals surface area contributed by atoms with Crippen molar-refractivity contribution in [3.8, 4) is 0 Å². The lowest BCUT2D eigenvalue weighted by atomic mass is 10.3. The molecule has 0 aliphatic heterocycles. The number of carbonyl (C=O) groups excluding carboxylic acids is 1. The fourth-order valence-corrected chi connectivity index (χ4v) is 1.70. The fraction of sp³-hybridized carbons (Fsp3) is 0.385. The number of aryl methyl sites for hydroxylation is 1. The van der Waals surface area contributed by atoms with Crippen molar-refractivity contribution in [2.24, 2.45) is 0 Å². The molecule has 0 spiro atoms. The topological polar surface area (TPSA) is 49.6 Å². The third-order valence-corrected chi connectivity index (χ3v) is 2.68. The molecule has 0 bridgehead atoms. The van der Waals surface area contributed by atoms with Gasteiger partial charge in [-0.15, -0.1) is 0 Å². The second-order valence-electron chi connectivity index (χ2n) is 4.66. The van der Waals surface area contributed by atoms with Gasteiger partial charge in [-0.25, -0.2) is 4.98 Å². The van der Waals surface area contributed by atoms with Crippen LogP contribution in [0, 0.1) is 6.92 Å². The van der Waals surface area contributed by atoms with Gasteiger partial charge >= 0.3 is 0 Å². The van der Waals surface area contributed by atoms with E-state index >= 15 is 0 Å². The Morgan fingerprint density at radius 2 is 2.17 bits per heavy atom. The van der Waals surface area contributed by atoms with E-state index in [-0.39, 0.29) is 5.91 Å². The Hall–Kier alpha value is -1.88. The first-order valence-corrected chi connectivity index (χ1v) is 5.94. The van der Waals surface area contributed by atoms with Gasteiger partial charge < -0.3 is 14.6 Å². The van der Waals surface area contributed by atoms with Crippen molar-refractivity contribution in [1.29, 1.82) is 0 Å². The third-order valence-electron chi connectivity index (χ3n) is 2.68. The molecule has 0 saturated heterocycles. The molecule has 1 amide bonds. The minimum atomic E-state index is -0.127. The van der Waals surface area contributed by atoms with Crippen molar-refractivity contribution in [2.75, 3.05) is 27.2 Å². The van der Waals surface area contributed by atoms with Gasteiger partial charge in [0.15, 0.2) is 0 Å². The summed E-state index contributed by atoms with van der Waals surface area (Å²) in [5.74, 6) is -0.127. The van der Waals surface area contributed by atoms with Crippen LogP contribution in [0.3, 0.4) is 0 Å². The number of hydrogen-bond acceptors (Lipinski definition) is 3. The minimum Gasteiger partial charge on any atom is -0.349 e. The molecule has 0 aliphatic rings. The first-order chi connectivity index (χ1) is 8.56. The molecule has 18 heavy (non-hydrogen) atoms. The number of amides is 1. The normalized spacial score (nSPS) is 11.1. The molecule has 0 unspecified atom stereocenters. The Labute approximate surface area is 106 Å². The number of pyridine rings is 1. The van der Waals surface area contributed by atoms with Crippen molar-refractivity contribution in [1.82, 2.24) is 19.6 Å². The summed E-state index contributed by atoms with van der Waals surface area (Å²) in [5, 5.41) is 2.85. The smallest absolute Gasteiger partial charge is 0.271 e. The molecule has 0 radical (unpaired) electrons. The van der Waals surface area contributed by atoms with E-state index in [0.717, 1.165) is 17.8 Å². The number of rotatable bonds is 4. The van der Waals surface area contributed by atoms with Crippen LogP contribution in [-0.2, 0) is 0 Å². The Balaban J connectivity index is 2.08. The zero-order chi connectivity index (χ0) is 13.1. The lowest BCUT2D eigenvalue weighted by Crippen LogP contribution is -2.31. The van der Waals surface area contributed by atoms with Crippen LogP contribution in [0.25, 0.3) is 5.65 Å². The van der Waals surface area contributed by atoms with Crippen LogP contribution >= 0.6 is 0 Å². The van der Waals surface area contributed by atoms with Crippen LogP contribution in [0.5, 0.6) is 0 Å². The molecule has 0 aromatic carbocycles. The summed E-state index contributed by atoms with van der Waals surface area (Å²) in [6.45, 7) is 3.45. The largest absolute Gasteiger partial charge is 0.349 e. The minimum absolute atomic E-state index is 0.127. The highest BCUT2D eigenvalue weighted by Crippen LogP contribution is 2.07. The number of carbonyl (C=O) groups is 1. The SMILES string of the molecule is Cc1ccc2nc(C(=O)NCCN(C)C)cn2c1. The highest BCUT2D eigenvalue weighted by atomic mass is 16.1. The summed E-state index contributed by atoms with van der Waals surface area (Å²) in [6.07, 6.45) is 3.71. The summed E-state index contributed by atoms with van der Waals surface area (Å²) in [5.41, 5.74) is 2.39. The zero-order valence-electron chi connectivity index (χ0n) is 11.0. The van der Waals surface area contributed by atoms with Crippen LogP contribution in [0.1, 0.15) is 16.1 Å². The number of aromatic nitrogens is 2. The first-order valence-electron chi connectivity index (χ1n) is 5.94. The lowest BCUT2D eigenvalue weighted by Gasteiger charge is -2.09. The summed E-state index contributed by atoms with van der Waals surface area (Å²) in [7, 11) is 3.94. The van der Waals surface area contributed by atoms with E-state index in [0.29, 0.717) is 12.2 Å². The van der Waals surface area contributed by atoms with Crippen molar-refractivity contribution in [2.45, 2.75) is 6.92 Å². The number of nitrogens with zero attached hydrogens (tertiary/aromatic N) is 3. The Bertz CT molecular complexity index is 559. The number of nitrogens with one attached hydrogen (secondary N) is 1. The number of likely N-dealkylation sites (N-methyl/N-ethyl adjacent to an activating group) is 1. The lowest BCUT2D eigenvalue weighted by molar-refractivity contribution is 0.0946.